The predicted octanol–water partition coefficient (Wildman–Crippen LogP) is 5.13. The van der Waals surface area contributed by atoms with E-state index in [9.17, 15) is 52.5 Å². The number of phenols is 2. The lowest BCUT2D eigenvalue weighted by atomic mass is 9.51. The fourth-order valence-corrected chi connectivity index (χ4v) is 8.24. The minimum Gasteiger partial charge on any atom is -0.508 e. The zero-order chi connectivity index (χ0) is 35.2. The predicted molar refractivity (Wildman–Crippen MR) is 163 cm³/mol. The lowest BCUT2D eigenvalue weighted by Crippen LogP contribution is -2.49. The molecule has 3 N–H and O–H groups in total. The van der Waals surface area contributed by atoms with Crippen LogP contribution in [0.15, 0.2) is 78.4 Å². The molecule has 3 fully saturated rings. The zero-order valence-corrected chi connectivity index (χ0v) is 25.5. The Balaban J connectivity index is 1.37. The number of hydrogen-bond acceptors (Lipinski definition) is 8. The molecule has 11 nitrogen and oxygen atoms in total. The van der Waals surface area contributed by atoms with Gasteiger partial charge in [0.1, 0.15) is 22.8 Å². The van der Waals surface area contributed by atoms with Crippen molar-refractivity contribution in [3.8, 4) is 17.2 Å². The number of carbonyl (C=O) groups is 5. The van der Waals surface area contributed by atoms with Crippen LogP contribution in [-0.4, -0.2) is 51.3 Å². The third-order valence-electron chi connectivity index (χ3n) is 10.3. The second kappa shape index (κ2) is 10.9. The van der Waals surface area contributed by atoms with Gasteiger partial charge in [0.05, 0.1) is 34.5 Å². The maximum absolute atomic E-state index is 14.4. The van der Waals surface area contributed by atoms with Crippen molar-refractivity contribution in [2.45, 2.75) is 32.0 Å². The number of hydrogen-bond donors (Lipinski definition) is 3. The summed E-state index contributed by atoms with van der Waals surface area (Å²) in [5.74, 6) is -11.0. The van der Waals surface area contributed by atoms with Crippen molar-refractivity contribution in [3.63, 3.8) is 0 Å². The Morgan fingerprint density at radius 1 is 0.857 bits per heavy atom. The number of phenolic OH excluding ortho intramolecular Hbond substituents is 1. The standard InChI is InChI=1S/C35H27F3N2O9/c1-34-24(30(44)40(33(34)48)16-5-3-2-4-6-16)15-22-19(28(34)23-14-18(8-12-25(23)41)49-35(36,37)38)10-11-21-27(22)31(45)39(29(21)43)17-7-9-20(32(46)47)26(42)13-17/h2-10,12-14,21-22,24,27-28,41-42H,11,15H2,1H3,(H,46,47). The second-order valence-corrected chi connectivity index (χ2v) is 12.8. The van der Waals surface area contributed by atoms with Gasteiger partial charge in [-0.05, 0) is 68.1 Å². The van der Waals surface area contributed by atoms with Gasteiger partial charge in [0, 0.05) is 17.5 Å². The number of benzene rings is 3. The summed E-state index contributed by atoms with van der Waals surface area (Å²) in [6.07, 6.45) is -3.51. The van der Waals surface area contributed by atoms with Gasteiger partial charge in [-0.2, -0.15) is 0 Å². The topological polar surface area (TPSA) is 162 Å². The summed E-state index contributed by atoms with van der Waals surface area (Å²) in [5, 5.41) is 30.8. The summed E-state index contributed by atoms with van der Waals surface area (Å²) >= 11 is 0. The number of alkyl halides is 3. The largest absolute Gasteiger partial charge is 0.573 e. The van der Waals surface area contributed by atoms with Crippen molar-refractivity contribution in [2.24, 2.45) is 29.1 Å². The summed E-state index contributed by atoms with van der Waals surface area (Å²) in [6, 6.07) is 14.2. The summed E-state index contributed by atoms with van der Waals surface area (Å²) in [5.41, 5.74) is -1.60. The molecule has 252 valence electrons. The Morgan fingerprint density at radius 3 is 2.22 bits per heavy atom. The Kier molecular flexibility index (Phi) is 7.12. The molecule has 0 bridgehead atoms. The van der Waals surface area contributed by atoms with Crippen molar-refractivity contribution >= 4 is 41.0 Å². The van der Waals surface area contributed by atoms with Crippen molar-refractivity contribution < 1.29 is 57.2 Å². The van der Waals surface area contributed by atoms with E-state index in [1.54, 1.807) is 36.4 Å². The lowest BCUT2D eigenvalue weighted by Gasteiger charge is -2.49. The van der Waals surface area contributed by atoms with Crippen molar-refractivity contribution in [3.05, 3.63) is 89.5 Å². The monoisotopic (exact) mass is 676 g/mol. The van der Waals surface area contributed by atoms with Gasteiger partial charge < -0.3 is 20.1 Å². The molecule has 3 aromatic carbocycles. The molecule has 6 unspecified atom stereocenters. The quantitative estimate of drug-likeness (QED) is 0.246. The Bertz CT molecular complexity index is 2000. The third-order valence-corrected chi connectivity index (χ3v) is 10.3. The number of carboxylic acid groups (broad SMARTS) is 1. The highest BCUT2D eigenvalue weighted by molar-refractivity contribution is 6.25. The molecule has 49 heavy (non-hydrogen) atoms. The molecule has 0 aromatic heterocycles. The van der Waals surface area contributed by atoms with Crippen LogP contribution in [0, 0.1) is 29.1 Å². The number of para-hydroxylation sites is 1. The Labute approximate surface area is 275 Å². The number of fused-ring (bicyclic) bond motifs is 4. The summed E-state index contributed by atoms with van der Waals surface area (Å²) in [7, 11) is 0. The SMILES string of the molecule is CC12C(=O)N(c3ccccc3)C(=O)C1CC1C(=CCC3C(=O)N(c4ccc(C(=O)O)c(O)c4)C(=O)C31)C2c1cc(OC(F)(F)F)ccc1O. The fraction of sp³-hybridized carbons (Fsp3) is 0.286. The van der Waals surface area contributed by atoms with E-state index in [0.717, 1.165) is 40.1 Å². The number of anilines is 2. The number of rotatable bonds is 5. The van der Waals surface area contributed by atoms with E-state index in [0.29, 0.717) is 5.57 Å². The minimum atomic E-state index is -5.08. The molecule has 1 saturated carbocycles. The highest BCUT2D eigenvalue weighted by Crippen LogP contribution is 2.64. The highest BCUT2D eigenvalue weighted by atomic mass is 19.4. The highest BCUT2D eigenvalue weighted by Gasteiger charge is 2.68. The van der Waals surface area contributed by atoms with E-state index in [1.807, 2.05) is 0 Å². The van der Waals surface area contributed by atoms with Crippen molar-refractivity contribution in [1.29, 1.82) is 0 Å². The average molecular weight is 677 g/mol. The first-order chi connectivity index (χ1) is 23.1. The normalized spacial score (nSPS) is 27.8. The second-order valence-electron chi connectivity index (χ2n) is 12.8. The maximum Gasteiger partial charge on any atom is 0.573 e. The molecular formula is C35H27F3N2O9. The van der Waals surface area contributed by atoms with Gasteiger partial charge in [0.25, 0.3) is 0 Å². The van der Waals surface area contributed by atoms with Crippen molar-refractivity contribution in [2.75, 3.05) is 9.80 Å². The number of halogens is 3. The van der Waals surface area contributed by atoms with Crippen LogP contribution in [-0.2, 0) is 19.2 Å². The smallest absolute Gasteiger partial charge is 0.508 e. The molecule has 0 spiro atoms. The van der Waals surface area contributed by atoms with E-state index in [4.69, 9.17) is 0 Å². The minimum absolute atomic E-state index is 0.0158. The maximum atomic E-state index is 14.4. The molecule has 7 rings (SSSR count). The van der Waals surface area contributed by atoms with Gasteiger partial charge in [-0.15, -0.1) is 13.2 Å². The van der Waals surface area contributed by atoms with Crippen LogP contribution >= 0.6 is 0 Å². The molecule has 3 aromatic rings. The van der Waals surface area contributed by atoms with E-state index in [1.165, 1.54) is 13.0 Å². The number of aromatic carboxylic acids is 1. The number of carboxylic acids is 1. The molecule has 2 saturated heterocycles. The van der Waals surface area contributed by atoms with Gasteiger partial charge in [-0.3, -0.25) is 19.2 Å². The van der Waals surface area contributed by atoms with E-state index in [2.05, 4.69) is 4.74 Å². The van der Waals surface area contributed by atoms with Crippen LogP contribution in [0.1, 0.15) is 41.6 Å². The number of amides is 4. The van der Waals surface area contributed by atoms with Gasteiger partial charge in [0.2, 0.25) is 23.6 Å². The Morgan fingerprint density at radius 2 is 1.57 bits per heavy atom. The van der Waals surface area contributed by atoms with Gasteiger partial charge in [-0.1, -0.05) is 29.8 Å². The average Bonchev–Trinajstić information content (AvgIpc) is 3.41. The molecule has 0 radical (unpaired) electrons. The number of carbonyl (C=O) groups excluding carboxylic acids is 4. The molecule has 4 amide bonds. The van der Waals surface area contributed by atoms with E-state index < -0.39 is 93.8 Å². The lowest BCUT2D eigenvalue weighted by molar-refractivity contribution is -0.274. The molecular weight excluding hydrogens is 649 g/mol. The fourth-order valence-electron chi connectivity index (χ4n) is 8.24. The Hall–Kier alpha value is -5.66. The van der Waals surface area contributed by atoms with E-state index in [-0.39, 0.29) is 29.8 Å². The zero-order valence-electron chi connectivity index (χ0n) is 25.5. The first-order valence-electron chi connectivity index (χ1n) is 15.3. The molecule has 2 aliphatic heterocycles. The van der Waals surface area contributed by atoms with Crippen LogP contribution in [0.5, 0.6) is 17.2 Å². The summed E-state index contributed by atoms with van der Waals surface area (Å²) in [6.45, 7) is 1.52. The molecule has 4 aliphatic rings. The molecule has 2 heterocycles. The van der Waals surface area contributed by atoms with Crippen LogP contribution in [0.25, 0.3) is 0 Å². The molecule has 6 atom stereocenters. The van der Waals surface area contributed by atoms with Crippen LogP contribution < -0.4 is 14.5 Å². The first-order valence-corrected chi connectivity index (χ1v) is 15.3. The first kappa shape index (κ1) is 31.9. The van der Waals surface area contributed by atoms with Gasteiger partial charge in [0.15, 0.2) is 0 Å². The number of allylic oxidation sites excluding steroid dienone is 2. The number of aromatic hydroxyl groups is 2. The van der Waals surface area contributed by atoms with Crippen LogP contribution in [0.4, 0.5) is 24.5 Å². The molecule has 2 aliphatic carbocycles. The van der Waals surface area contributed by atoms with Crippen LogP contribution in [0.2, 0.25) is 0 Å². The van der Waals surface area contributed by atoms with Crippen molar-refractivity contribution in [1.82, 2.24) is 0 Å². The number of imide groups is 2. The number of nitrogens with zero attached hydrogens (tertiary/aromatic N) is 2. The molecule has 14 heteroatoms. The van der Waals surface area contributed by atoms with Crippen LogP contribution in [0.3, 0.4) is 0 Å². The van der Waals surface area contributed by atoms with Gasteiger partial charge >= 0.3 is 12.3 Å². The summed E-state index contributed by atoms with van der Waals surface area (Å²) in [4.78, 5) is 69.9. The van der Waals surface area contributed by atoms with E-state index >= 15 is 0 Å². The number of ether oxygens (including phenoxy) is 1. The summed E-state index contributed by atoms with van der Waals surface area (Å²) < 4.78 is 44.0. The third kappa shape index (κ3) is 4.76. The van der Waals surface area contributed by atoms with Gasteiger partial charge in [-0.25, -0.2) is 14.6 Å².